The molecule has 0 heterocycles. The van der Waals surface area contributed by atoms with Crippen molar-refractivity contribution in [1.29, 1.82) is 0 Å². The Bertz CT molecular complexity index is 620. The Kier molecular flexibility index (Phi) is 5.48. The Balaban J connectivity index is 1.90. The van der Waals surface area contributed by atoms with Crippen LogP contribution in [-0.2, 0) is 14.3 Å². The molecule has 3 heteroatoms. The van der Waals surface area contributed by atoms with Crippen molar-refractivity contribution in [2.45, 2.75) is 32.1 Å². The molecule has 0 saturated heterocycles. The maximum absolute atomic E-state index is 12.0. The second-order valence-electron chi connectivity index (χ2n) is 5.44. The molecule has 0 aromatic heterocycles. The summed E-state index contributed by atoms with van der Waals surface area (Å²) in [6.07, 6.45) is 0.192. The Morgan fingerprint density at radius 3 is 1.91 bits per heavy atom. The molecule has 0 N–H and O–H groups in total. The van der Waals surface area contributed by atoms with Crippen LogP contribution in [0.25, 0.3) is 0 Å². The lowest BCUT2D eigenvalue weighted by Gasteiger charge is -2.13. The fourth-order valence-electron chi connectivity index (χ4n) is 2.27. The minimum Gasteiger partial charge on any atom is -0.393 e. The molecule has 0 aliphatic rings. The summed E-state index contributed by atoms with van der Waals surface area (Å²) in [6, 6.07) is 19.0. The lowest BCUT2D eigenvalue weighted by atomic mass is 9.98. The van der Waals surface area contributed by atoms with Gasteiger partial charge in [-0.25, -0.2) is 0 Å². The quantitative estimate of drug-likeness (QED) is 0.617. The molecule has 0 radical (unpaired) electrons. The van der Waals surface area contributed by atoms with Crippen LogP contribution in [0.15, 0.2) is 60.7 Å². The van der Waals surface area contributed by atoms with Crippen molar-refractivity contribution in [3.05, 3.63) is 71.8 Å². The molecular formula is C19H20O3. The zero-order chi connectivity index (χ0) is 15.9. The number of ether oxygens (including phenoxy) is 1. The maximum Gasteiger partial charge on any atom is 0.320 e. The van der Waals surface area contributed by atoms with Crippen molar-refractivity contribution in [2.24, 2.45) is 0 Å². The molecule has 2 atom stereocenters. The monoisotopic (exact) mass is 296 g/mol. The van der Waals surface area contributed by atoms with Crippen molar-refractivity contribution >= 4 is 11.9 Å². The average molecular weight is 296 g/mol. The highest BCUT2D eigenvalue weighted by Crippen LogP contribution is 2.21. The summed E-state index contributed by atoms with van der Waals surface area (Å²) in [7, 11) is 0. The smallest absolute Gasteiger partial charge is 0.320 e. The first-order chi connectivity index (χ1) is 10.6. The van der Waals surface area contributed by atoms with E-state index in [1.807, 2.05) is 67.6 Å². The van der Waals surface area contributed by atoms with E-state index >= 15 is 0 Å². The van der Waals surface area contributed by atoms with Crippen molar-refractivity contribution in [3.8, 4) is 0 Å². The van der Waals surface area contributed by atoms with E-state index in [9.17, 15) is 9.59 Å². The SMILES string of the molecule is CC(C(=O)OC(=O)C[C@@H](C)c1ccccc1)c1ccccc1. The van der Waals surface area contributed by atoms with Crippen LogP contribution in [0.5, 0.6) is 0 Å². The van der Waals surface area contributed by atoms with Crippen LogP contribution in [0.4, 0.5) is 0 Å². The van der Waals surface area contributed by atoms with Crippen LogP contribution in [0.3, 0.4) is 0 Å². The highest BCUT2D eigenvalue weighted by Gasteiger charge is 2.21. The lowest BCUT2D eigenvalue weighted by molar-refractivity contribution is -0.160. The average Bonchev–Trinajstić information content (AvgIpc) is 2.55. The summed E-state index contributed by atoms with van der Waals surface area (Å²) in [5.74, 6) is -1.41. The predicted molar refractivity (Wildman–Crippen MR) is 85.4 cm³/mol. The van der Waals surface area contributed by atoms with Crippen LogP contribution in [0, 0.1) is 0 Å². The standard InChI is InChI=1S/C19H20O3/c1-14(16-9-5-3-6-10-16)13-18(20)22-19(21)15(2)17-11-7-4-8-12-17/h3-12,14-15H,13H2,1-2H3/t14-,15?/m1/s1. The molecule has 0 spiro atoms. The van der Waals surface area contributed by atoms with Gasteiger partial charge in [0, 0.05) is 0 Å². The molecule has 1 unspecified atom stereocenters. The first-order valence-electron chi connectivity index (χ1n) is 7.42. The second-order valence-corrected chi connectivity index (χ2v) is 5.44. The Labute approximate surface area is 130 Å². The van der Waals surface area contributed by atoms with Crippen LogP contribution in [-0.4, -0.2) is 11.9 Å². The zero-order valence-electron chi connectivity index (χ0n) is 12.9. The van der Waals surface area contributed by atoms with Gasteiger partial charge in [0.2, 0.25) is 0 Å². The van der Waals surface area contributed by atoms with Gasteiger partial charge in [-0.05, 0) is 24.0 Å². The van der Waals surface area contributed by atoms with Crippen LogP contribution >= 0.6 is 0 Å². The molecule has 3 nitrogen and oxygen atoms in total. The van der Waals surface area contributed by atoms with E-state index in [4.69, 9.17) is 4.74 Å². The number of esters is 2. The van der Waals surface area contributed by atoms with Gasteiger partial charge in [0.25, 0.3) is 0 Å². The number of carbonyl (C=O) groups excluding carboxylic acids is 2. The molecular weight excluding hydrogens is 276 g/mol. The number of hydrogen-bond donors (Lipinski definition) is 0. The molecule has 114 valence electrons. The largest absolute Gasteiger partial charge is 0.393 e. The Hall–Kier alpha value is -2.42. The molecule has 0 fully saturated rings. The van der Waals surface area contributed by atoms with Gasteiger partial charge in [-0.2, -0.15) is 0 Å². The first-order valence-corrected chi connectivity index (χ1v) is 7.42. The van der Waals surface area contributed by atoms with E-state index in [-0.39, 0.29) is 12.3 Å². The van der Waals surface area contributed by atoms with Gasteiger partial charge < -0.3 is 4.74 Å². The lowest BCUT2D eigenvalue weighted by Crippen LogP contribution is -2.19. The van der Waals surface area contributed by atoms with E-state index in [0.29, 0.717) is 0 Å². The second kappa shape index (κ2) is 7.55. The topological polar surface area (TPSA) is 43.4 Å². The van der Waals surface area contributed by atoms with Gasteiger partial charge in [-0.15, -0.1) is 0 Å². The molecule has 0 bridgehead atoms. The zero-order valence-corrected chi connectivity index (χ0v) is 12.9. The third-order valence-electron chi connectivity index (χ3n) is 3.71. The molecule has 22 heavy (non-hydrogen) atoms. The molecule has 0 saturated carbocycles. The Morgan fingerprint density at radius 2 is 1.36 bits per heavy atom. The highest BCUT2D eigenvalue weighted by molar-refractivity contribution is 5.89. The number of benzene rings is 2. The van der Waals surface area contributed by atoms with E-state index in [1.165, 1.54) is 0 Å². The third kappa shape index (κ3) is 4.29. The van der Waals surface area contributed by atoms with E-state index in [1.54, 1.807) is 6.92 Å². The summed E-state index contributed by atoms with van der Waals surface area (Å²) in [5.41, 5.74) is 1.90. The minimum absolute atomic E-state index is 0.0218. The van der Waals surface area contributed by atoms with E-state index < -0.39 is 17.9 Å². The van der Waals surface area contributed by atoms with Crippen LogP contribution < -0.4 is 0 Å². The fraction of sp³-hybridized carbons (Fsp3) is 0.263. The highest BCUT2D eigenvalue weighted by atomic mass is 16.6. The van der Waals surface area contributed by atoms with Crippen molar-refractivity contribution in [1.82, 2.24) is 0 Å². The number of rotatable bonds is 5. The van der Waals surface area contributed by atoms with Gasteiger partial charge in [-0.3, -0.25) is 9.59 Å². The van der Waals surface area contributed by atoms with Crippen molar-refractivity contribution < 1.29 is 14.3 Å². The summed E-state index contributed by atoms with van der Waals surface area (Å²) in [6.45, 7) is 3.69. The van der Waals surface area contributed by atoms with Crippen molar-refractivity contribution in [3.63, 3.8) is 0 Å². The normalized spacial score (nSPS) is 13.2. The third-order valence-corrected chi connectivity index (χ3v) is 3.71. The molecule has 0 aliphatic carbocycles. The maximum atomic E-state index is 12.0. The van der Waals surface area contributed by atoms with Crippen molar-refractivity contribution in [2.75, 3.05) is 0 Å². The van der Waals surface area contributed by atoms with Gasteiger partial charge in [0.05, 0.1) is 12.3 Å². The minimum atomic E-state index is -0.503. The molecule has 2 rings (SSSR count). The summed E-state index contributed by atoms with van der Waals surface area (Å²) in [4.78, 5) is 24.0. The van der Waals surface area contributed by atoms with Crippen LogP contribution in [0.2, 0.25) is 0 Å². The van der Waals surface area contributed by atoms with Gasteiger partial charge >= 0.3 is 11.9 Å². The number of hydrogen-bond acceptors (Lipinski definition) is 3. The van der Waals surface area contributed by atoms with Gasteiger partial charge in [0.15, 0.2) is 0 Å². The van der Waals surface area contributed by atoms with E-state index in [2.05, 4.69) is 0 Å². The first kappa shape index (κ1) is 16.0. The van der Waals surface area contributed by atoms with Gasteiger partial charge in [-0.1, -0.05) is 67.6 Å². The van der Waals surface area contributed by atoms with E-state index in [0.717, 1.165) is 11.1 Å². The number of carbonyl (C=O) groups is 2. The molecule has 2 aromatic carbocycles. The predicted octanol–water partition coefficient (Wildman–Crippen LogP) is 4.05. The van der Waals surface area contributed by atoms with Crippen LogP contribution in [0.1, 0.15) is 43.2 Å². The fourth-order valence-corrected chi connectivity index (χ4v) is 2.27. The summed E-state index contributed by atoms with van der Waals surface area (Å²) in [5, 5.41) is 0. The van der Waals surface area contributed by atoms with Gasteiger partial charge in [0.1, 0.15) is 0 Å². The molecule has 0 aliphatic heterocycles. The summed E-state index contributed by atoms with van der Waals surface area (Å²) < 4.78 is 4.98. The summed E-state index contributed by atoms with van der Waals surface area (Å²) >= 11 is 0. The molecule has 0 amide bonds. The Morgan fingerprint density at radius 1 is 0.864 bits per heavy atom. The molecule has 2 aromatic rings.